The molecular formula is C33H23F3N2O4. The van der Waals surface area contributed by atoms with Gasteiger partial charge in [0.15, 0.2) is 5.78 Å². The first kappa shape index (κ1) is 28.2. The molecule has 1 aromatic heterocycles. The minimum absolute atomic E-state index is 0.129. The van der Waals surface area contributed by atoms with Crippen molar-refractivity contribution in [3.63, 3.8) is 0 Å². The van der Waals surface area contributed by atoms with Crippen molar-refractivity contribution in [1.82, 2.24) is 4.98 Å². The average Bonchev–Trinajstić information content (AvgIpc) is 2.99. The number of hydrogen-bond acceptors (Lipinski definition) is 5. The van der Waals surface area contributed by atoms with Crippen molar-refractivity contribution in [3.05, 3.63) is 126 Å². The van der Waals surface area contributed by atoms with E-state index in [9.17, 15) is 27.6 Å². The molecule has 4 aromatic carbocycles. The van der Waals surface area contributed by atoms with Gasteiger partial charge in [-0.15, -0.1) is 0 Å². The molecule has 0 unspecified atom stereocenters. The number of para-hydroxylation sites is 1. The number of anilines is 1. The molecule has 5 rings (SSSR count). The Labute approximate surface area is 239 Å². The summed E-state index contributed by atoms with van der Waals surface area (Å²) in [7, 11) is 0. The maximum Gasteiger partial charge on any atom is 0.418 e. The highest BCUT2D eigenvalue weighted by Crippen LogP contribution is 2.39. The van der Waals surface area contributed by atoms with Crippen molar-refractivity contribution in [3.8, 4) is 16.9 Å². The zero-order chi connectivity index (χ0) is 29.9. The lowest BCUT2D eigenvalue weighted by molar-refractivity contribution is -0.136. The van der Waals surface area contributed by atoms with Crippen LogP contribution in [0.2, 0.25) is 0 Å². The highest BCUT2D eigenvalue weighted by atomic mass is 19.4. The third-order valence-corrected chi connectivity index (χ3v) is 6.62. The lowest BCUT2D eigenvalue weighted by Crippen LogP contribution is -2.20. The van der Waals surface area contributed by atoms with Crippen LogP contribution >= 0.6 is 0 Å². The van der Waals surface area contributed by atoms with Crippen molar-refractivity contribution in [2.24, 2.45) is 0 Å². The Balaban J connectivity index is 1.62. The molecule has 0 fully saturated rings. The van der Waals surface area contributed by atoms with Crippen LogP contribution in [0, 0.1) is 0 Å². The van der Waals surface area contributed by atoms with Crippen LogP contribution < -0.4 is 9.64 Å². The second kappa shape index (κ2) is 11.7. The Morgan fingerprint density at radius 2 is 1.62 bits per heavy atom. The van der Waals surface area contributed by atoms with E-state index < -0.39 is 23.5 Å². The number of esters is 1. The van der Waals surface area contributed by atoms with E-state index in [-0.39, 0.29) is 28.6 Å². The number of benzene rings is 4. The number of aromatic nitrogens is 1. The van der Waals surface area contributed by atoms with Crippen LogP contribution in [-0.2, 0) is 22.3 Å². The van der Waals surface area contributed by atoms with Gasteiger partial charge in [-0.25, -0.2) is 0 Å². The molecule has 0 radical (unpaired) electrons. The van der Waals surface area contributed by atoms with E-state index in [1.807, 2.05) is 0 Å². The van der Waals surface area contributed by atoms with E-state index in [4.69, 9.17) is 4.74 Å². The van der Waals surface area contributed by atoms with E-state index >= 15 is 0 Å². The number of ketones is 1. The standard InChI is InChI=1S/C33H23F3N2O4/c1-21(40)42-26-15-13-22(14-16-26)19-38(20-39)25-10-5-9-24(17-25)30-27-11-6-12-29(33(34,35)36)31(27)37-18-28(30)32(41)23-7-3-2-4-8-23/h2-18,20H,19H2,1H3. The lowest BCUT2D eigenvalue weighted by atomic mass is 9.91. The molecule has 6 nitrogen and oxygen atoms in total. The molecule has 42 heavy (non-hydrogen) atoms. The minimum atomic E-state index is -4.66. The van der Waals surface area contributed by atoms with E-state index in [1.165, 1.54) is 30.2 Å². The lowest BCUT2D eigenvalue weighted by Gasteiger charge is -2.20. The molecule has 0 saturated carbocycles. The fourth-order valence-corrected chi connectivity index (χ4v) is 4.74. The predicted molar refractivity (Wildman–Crippen MR) is 152 cm³/mol. The van der Waals surface area contributed by atoms with Gasteiger partial charge in [0.05, 0.1) is 17.6 Å². The van der Waals surface area contributed by atoms with Gasteiger partial charge in [-0.2, -0.15) is 13.2 Å². The van der Waals surface area contributed by atoms with Crippen molar-refractivity contribution < 1.29 is 32.3 Å². The highest BCUT2D eigenvalue weighted by Gasteiger charge is 2.34. The quantitative estimate of drug-likeness (QED) is 0.0854. The second-order valence-corrected chi connectivity index (χ2v) is 9.46. The Hall–Kier alpha value is -5.31. The summed E-state index contributed by atoms with van der Waals surface area (Å²) in [6.07, 6.45) is -2.84. The van der Waals surface area contributed by atoms with Crippen molar-refractivity contribution >= 4 is 34.8 Å². The number of rotatable bonds is 8. The molecular weight excluding hydrogens is 545 g/mol. The number of hydrogen-bond donors (Lipinski definition) is 0. The van der Waals surface area contributed by atoms with Crippen molar-refractivity contribution in [2.75, 3.05) is 4.90 Å². The fraction of sp³-hybridized carbons (Fsp3) is 0.0909. The minimum Gasteiger partial charge on any atom is -0.427 e. The molecule has 0 aliphatic rings. The van der Waals surface area contributed by atoms with Gasteiger partial charge >= 0.3 is 12.1 Å². The molecule has 0 spiro atoms. The zero-order valence-corrected chi connectivity index (χ0v) is 22.3. The van der Waals surface area contributed by atoms with Gasteiger partial charge < -0.3 is 9.64 Å². The summed E-state index contributed by atoms with van der Waals surface area (Å²) in [4.78, 5) is 42.5. The van der Waals surface area contributed by atoms with E-state index in [0.29, 0.717) is 29.0 Å². The summed E-state index contributed by atoms with van der Waals surface area (Å²) in [5.74, 6) is -0.488. The Morgan fingerprint density at radius 3 is 2.29 bits per heavy atom. The first-order chi connectivity index (χ1) is 20.2. The smallest absolute Gasteiger partial charge is 0.418 e. The topological polar surface area (TPSA) is 76.6 Å². The van der Waals surface area contributed by atoms with Crippen LogP contribution in [-0.4, -0.2) is 23.1 Å². The van der Waals surface area contributed by atoms with E-state index in [2.05, 4.69) is 4.98 Å². The van der Waals surface area contributed by atoms with Crippen LogP contribution in [0.5, 0.6) is 5.75 Å². The number of pyridine rings is 1. The monoisotopic (exact) mass is 568 g/mol. The summed E-state index contributed by atoms with van der Waals surface area (Å²) in [6.45, 7) is 1.46. The molecule has 1 amide bonds. The summed E-state index contributed by atoms with van der Waals surface area (Å²) < 4.78 is 46.8. The largest absolute Gasteiger partial charge is 0.427 e. The van der Waals surface area contributed by atoms with E-state index in [0.717, 1.165) is 11.6 Å². The van der Waals surface area contributed by atoms with Crippen LogP contribution in [0.3, 0.4) is 0 Å². The van der Waals surface area contributed by atoms with Crippen LogP contribution in [0.4, 0.5) is 18.9 Å². The molecule has 210 valence electrons. The summed E-state index contributed by atoms with van der Waals surface area (Å²) >= 11 is 0. The third kappa shape index (κ3) is 5.90. The first-order valence-electron chi connectivity index (χ1n) is 12.8. The molecule has 0 N–H and O–H groups in total. The number of alkyl halides is 3. The SMILES string of the molecule is CC(=O)Oc1ccc(CN(C=O)c2cccc(-c3c(C(=O)c4ccccc4)cnc4c(C(F)(F)F)cccc34)c2)cc1. The molecule has 9 heteroatoms. The van der Waals surface area contributed by atoms with Crippen molar-refractivity contribution in [1.29, 1.82) is 0 Å². The van der Waals surface area contributed by atoms with Gasteiger partial charge in [0.2, 0.25) is 6.41 Å². The molecule has 0 aliphatic heterocycles. The fourth-order valence-electron chi connectivity index (χ4n) is 4.74. The van der Waals surface area contributed by atoms with E-state index in [1.54, 1.807) is 78.9 Å². The number of fused-ring (bicyclic) bond motifs is 1. The first-order valence-corrected chi connectivity index (χ1v) is 12.8. The number of carbonyl (C=O) groups excluding carboxylic acids is 3. The number of amides is 1. The van der Waals surface area contributed by atoms with Crippen LogP contribution in [0.1, 0.15) is 34.0 Å². The Kier molecular flexibility index (Phi) is 7.84. The summed E-state index contributed by atoms with van der Waals surface area (Å²) in [5, 5.41) is 0.155. The van der Waals surface area contributed by atoms with Crippen LogP contribution in [0.25, 0.3) is 22.0 Å². The molecule has 5 aromatic rings. The highest BCUT2D eigenvalue weighted by molar-refractivity contribution is 6.17. The number of ether oxygens (including phenoxy) is 1. The zero-order valence-electron chi connectivity index (χ0n) is 22.3. The Morgan fingerprint density at radius 1 is 0.905 bits per heavy atom. The average molecular weight is 569 g/mol. The van der Waals surface area contributed by atoms with Gasteiger partial charge in [0.25, 0.3) is 0 Å². The molecule has 0 saturated heterocycles. The number of halogens is 3. The molecule has 0 bridgehead atoms. The van der Waals surface area contributed by atoms with Crippen LogP contribution in [0.15, 0.2) is 103 Å². The summed E-state index contributed by atoms with van der Waals surface area (Å²) in [5.41, 5.74) is 1.21. The normalized spacial score (nSPS) is 11.2. The molecule has 1 heterocycles. The molecule has 0 aliphatic carbocycles. The summed E-state index contributed by atoms with van der Waals surface area (Å²) in [6, 6.07) is 25.5. The van der Waals surface area contributed by atoms with Gasteiger partial charge in [-0.05, 0) is 41.5 Å². The number of carbonyl (C=O) groups is 3. The maximum absolute atomic E-state index is 13.9. The Bertz CT molecular complexity index is 1790. The van der Waals surface area contributed by atoms with Gasteiger partial charge in [-0.1, -0.05) is 66.7 Å². The third-order valence-electron chi connectivity index (χ3n) is 6.62. The van der Waals surface area contributed by atoms with Crippen molar-refractivity contribution in [2.45, 2.75) is 19.6 Å². The number of nitrogens with zero attached hydrogens (tertiary/aromatic N) is 2. The van der Waals surface area contributed by atoms with Gasteiger partial charge in [0, 0.05) is 40.9 Å². The van der Waals surface area contributed by atoms with Gasteiger partial charge in [0.1, 0.15) is 5.75 Å². The van der Waals surface area contributed by atoms with Gasteiger partial charge in [-0.3, -0.25) is 19.4 Å². The maximum atomic E-state index is 13.9. The predicted octanol–water partition coefficient (Wildman–Crippen LogP) is 7.24. The second-order valence-electron chi connectivity index (χ2n) is 9.46. The molecule has 0 atom stereocenters.